The number of fused-ring (bicyclic) bond motifs is 1. The fourth-order valence-corrected chi connectivity index (χ4v) is 2.06. The van der Waals surface area contributed by atoms with Gasteiger partial charge in [0.2, 0.25) is 5.95 Å². The second kappa shape index (κ2) is 3.76. The lowest BCUT2D eigenvalue weighted by molar-refractivity contribution is 0.579. The molecule has 0 fully saturated rings. The second-order valence-electron chi connectivity index (χ2n) is 3.87. The van der Waals surface area contributed by atoms with E-state index in [1.807, 2.05) is 0 Å². The van der Waals surface area contributed by atoms with Gasteiger partial charge >= 0.3 is 0 Å². The molecule has 5 heteroatoms. The van der Waals surface area contributed by atoms with Crippen LogP contribution in [0.2, 0.25) is 0 Å². The number of hydrogen-bond acceptors (Lipinski definition) is 3. The van der Waals surface area contributed by atoms with E-state index in [1.165, 1.54) is 24.5 Å². The van der Waals surface area contributed by atoms with E-state index in [-0.39, 0.29) is 5.82 Å². The molecule has 0 radical (unpaired) electrons. The molecule has 2 aromatic rings. The average molecular weight is 233 g/mol. The van der Waals surface area contributed by atoms with Crippen molar-refractivity contribution in [1.29, 1.82) is 0 Å². The first-order chi connectivity index (χ1) is 8.24. The van der Waals surface area contributed by atoms with Crippen LogP contribution in [-0.4, -0.2) is 16.5 Å². The number of hydrogen-bond donors (Lipinski definition) is 0. The molecule has 17 heavy (non-hydrogen) atoms. The van der Waals surface area contributed by atoms with Gasteiger partial charge in [-0.25, -0.2) is 14.4 Å². The summed E-state index contributed by atoms with van der Waals surface area (Å²) in [6.45, 7) is 0.676. The molecule has 3 rings (SSSR count). The molecule has 1 aromatic heterocycles. The first kappa shape index (κ1) is 10.1. The summed E-state index contributed by atoms with van der Waals surface area (Å²) in [5.41, 5.74) is 1.80. The van der Waals surface area contributed by atoms with Gasteiger partial charge in [-0.3, -0.25) is 0 Å². The third kappa shape index (κ3) is 1.73. The van der Waals surface area contributed by atoms with E-state index in [9.17, 15) is 8.78 Å². The van der Waals surface area contributed by atoms with Crippen LogP contribution in [0.3, 0.4) is 0 Å². The van der Waals surface area contributed by atoms with Crippen molar-refractivity contribution in [2.75, 3.05) is 11.4 Å². The largest absolute Gasteiger partial charge is 0.325 e. The topological polar surface area (TPSA) is 29.0 Å². The van der Waals surface area contributed by atoms with E-state index in [0.717, 1.165) is 17.7 Å². The van der Waals surface area contributed by atoms with E-state index in [4.69, 9.17) is 0 Å². The smallest absolute Gasteiger partial charge is 0.218 e. The van der Waals surface area contributed by atoms with E-state index in [0.29, 0.717) is 12.4 Å². The van der Waals surface area contributed by atoms with Crippen LogP contribution >= 0.6 is 0 Å². The molecule has 0 aliphatic carbocycles. The summed E-state index contributed by atoms with van der Waals surface area (Å²) >= 11 is 0. The number of rotatable bonds is 1. The SMILES string of the molecule is Fc1ccc2c(c1)N(c1cc(F)ncn1)CC2. The molecule has 0 atom stereocenters. The minimum absolute atomic E-state index is 0.301. The Morgan fingerprint density at radius 2 is 2.00 bits per heavy atom. The average Bonchev–Trinajstić information content (AvgIpc) is 2.71. The van der Waals surface area contributed by atoms with Gasteiger partial charge in [-0.05, 0) is 24.1 Å². The standard InChI is InChI=1S/C12H9F2N3/c13-9-2-1-8-3-4-17(10(8)5-9)12-6-11(14)15-7-16-12/h1-2,5-7H,3-4H2. The van der Waals surface area contributed by atoms with Gasteiger partial charge in [-0.1, -0.05) is 6.07 Å². The van der Waals surface area contributed by atoms with Gasteiger partial charge < -0.3 is 4.90 Å². The third-order valence-corrected chi connectivity index (χ3v) is 2.84. The molecule has 0 spiro atoms. The van der Waals surface area contributed by atoms with Gasteiger partial charge in [0.05, 0.1) is 0 Å². The van der Waals surface area contributed by atoms with Crippen LogP contribution in [0, 0.1) is 11.8 Å². The Balaban J connectivity index is 2.06. The van der Waals surface area contributed by atoms with Crippen molar-refractivity contribution in [2.45, 2.75) is 6.42 Å². The molecule has 0 N–H and O–H groups in total. The summed E-state index contributed by atoms with van der Waals surface area (Å²) in [6, 6.07) is 5.88. The predicted molar refractivity (Wildman–Crippen MR) is 59.1 cm³/mol. The highest BCUT2D eigenvalue weighted by Gasteiger charge is 2.22. The Labute approximate surface area is 96.7 Å². The Morgan fingerprint density at radius 1 is 1.12 bits per heavy atom. The van der Waals surface area contributed by atoms with E-state index >= 15 is 0 Å². The molecule has 86 valence electrons. The Bertz CT molecular complexity index is 571. The molecular formula is C12H9F2N3. The van der Waals surface area contributed by atoms with E-state index in [1.54, 1.807) is 11.0 Å². The lowest BCUT2D eigenvalue weighted by atomic mass is 10.2. The van der Waals surface area contributed by atoms with Crippen LogP contribution in [0.15, 0.2) is 30.6 Å². The quantitative estimate of drug-likeness (QED) is 0.708. The van der Waals surface area contributed by atoms with Crippen molar-refractivity contribution in [3.8, 4) is 0 Å². The first-order valence-electron chi connectivity index (χ1n) is 5.27. The summed E-state index contributed by atoms with van der Waals surface area (Å²) in [5, 5.41) is 0. The van der Waals surface area contributed by atoms with Crippen molar-refractivity contribution in [3.63, 3.8) is 0 Å². The minimum atomic E-state index is -0.583. The zero-order chi connectivity index (χ0) is 11.8. The maximum absolute atomic E-state index is 13.2. The Kier molecular flexibility index (Phi) is 2.24. The molecule has 1 aliphatic rings. The molecular weight excluding hydrogens is 224 g/mol. The van der Waals surface area contributed by atoms with Gasteiger partial charge in [0.1, 0.15) is 18.0 Å². The van der Waals surface area contributed by atoms with Crippen molar-refractivity contribution in [2.24, 2.45) is 0 Å². The summed E-state index contributed by atoms with van der Waals surface area (Å²) in [4.78, 5) is 9.20. The molecule has 1 aliphatic heterocycles. The highest BCUT2D eigenvalue weighted by atomic mass is 19.1. The fourth-order valence-electron chi connectivity index (χ4n) is 2.06. The lowest BCUT2D eigenvalue weighted by Crippen LogP contribution is -2.15. The molecule has 2 heterocycles. The summed E-state index contributed by atoms with van der Waals surface area (Å²) in [5.74, 6) is -0.424. The van der Waals surface area contributed by atoms with Crippen molar-refractivity contribution < 1.29 is 8.78 Å². The fraction of sp³-hybridized carbons (Fsp3) is 0.167. The Hall–Kier alpha value is -2.04. The summed E-state index contributed by atoms with van der Waals surface area (Å²) < 4.78 is 26.2. The highest BCUT2D eigenvalue weighted by molar-refractivity contribution is 5.67. The molecule has 0 bridgehead atoms. The third-order valence-electron chi connectivity index (χ3n) is 2.84. The van der Waals surface area contributed by atoms with Crippen LogP contribution < -0.4 is 4.90 Å². The van der Waals surface area contributed by atoms with Crippen molar-refractivity contribution >= 4 is 11.5 Å². The van der Waals surface area contributed by atoms with Gasteiger partial charge in [0.25, 0.3) is 0 Å². The number of nitrogens with zero attached hydrogens (tertiary/aromatic N) is 3. The maximum Gasteiger partial charge on any atom is 0.218 e. The lowest BCUT2D eigenvalue weighted by Gasteiger charge is -2.17. The molecule has 0 amide bonds. The van der Waals surface area contributed by atoms with Crippen LogP contribution in [0.5, 0.6) is 0 Å². The van der Waals surface area contributed by atoms with Gasteiger partial charge in [0, 0.05) is 18.3 Å². The summed E-state index contributed by atoms with van der Waals surface area (Å²) in [7, 11) is 0. The van der Waals surface area contributed by atoms with Crippen molar-refractivity contribution in [1.82, 2.24) is 9.97 Å². The zero-order valence-electron chi connectivity index (χ0n) is 8.90. The van der Waals surface area contributed by atoms with Gasteiger partial charge in [0.15, 0.2) is 0 Å². The first-order valence-corrected chi connectivity index (χ1v) is 5.27. The van der Waals surface area contributed by atoms with Crippen LogP contribution in [0.4, 0.5) is 20.3 Å². The monoisotopic (exact) mass is 233 g/mol. The van der Waals surface area contributed by atoms with Gasteiger partial charge in [-0.15, -0.1) is 0 Å². The number of benzene rings is 1. The normalized spacial score (nSPS) is 13.9. The Morgan fingerprint density at radius 3 is 2.82 bits per heavy atom. The second-order valence-corrected chi connectivity index (χ2v) is 3.87. The molecule has 0 saturated carbocycles. The van der Waals surface area contributed by atoms with Crippen LogP contribution in [0.25, 0.3) is 0 Å². The number of halogens is 2. The van der Waals surface area contributed by atoms with Crippen LogP contribution in [0.1, 0.15) is 5.56 Å². The number of aromatic nitrogens is 2. The summed E-state index contributed by atoms with van der Waals surface area (Å²) in [6.07, 6.45) is 1.98. The molecule has 0 saturated heterocycles. The van der Waals surface area contributed by atoms with Crippen molar-refractivity contribution in [3.05, 3.63) is 47.9 Å². The minimum Gasteiger partial charge on any atom is -0.325 e. The van der Waals surface area contributed by atoms with Gasteiger partial charge in [-0.2, -0.15) is 4.39 Å². The van der Waals surface area contributed by atoms with E-state index < -0.39 is 5.95 Å². The number of anilines is 2. The zero-order valence-corrected chi connectivity index (χ0v) is 8.90. The molecule has 3 nitrogen and oxygen atoms in total. The molecule has 1 aromatic carbocycles. The predicted octanol–water partition coefficient (Wildman–Crippen LogP) is 2.45. The molecule has 0 unspecified atom stereocenters. The highest BCUT2D eigenvalue weighted by Crippen LogP contribution is 2.33. The van der Waals surface area contributed by atoms with Crippen LogP contribution in [-0.2, 0) is 6.42 Å². The van der Waals surface area contributed by atoms with E-state index in [2.05, 4.69) is 9.97 Å². The maximum atomic E-state index is 13.2.